The molecule has 0 aliphatic carbocycles. The van der Waals surface area contributed by atoms with Gasteiger partial charge in [0, 0.05) is 19.6 Å². The number of benzene rings is 1. The van der Waals surface area contributed by atoms with Crippen molar-refractivity contribution in [2.45, 2.75) is 56.6 Å². The first-order valence-electron chi connectivity index (χ1n) is 10.7. The zero-order valence-corrected chi connectivity index (χ0v) is 17.6. The van der Waals surface area contributed by atoms with Crippen LogP contribution in [0, 0.1) is 5.82 Å². The zero-order valence-electron chi connectivity index (χ0n) is 17.6. The lowest BCUT2D eigenvalue weighted by Gasteiger charge is -2.45. The summed E-state index contributed by atoms with van der Waals surface area (Å²) in [6, 6.07) is 6.33. The van der Waals surface area contributed by atoms with Crippen LogP contribution in [0.4, 0.5) is 22.2 Å². The predicted octanol–water partition coefficient (Wildman–Crippen LogP) is 0.547. The van der Waals surface area contributed by atoms with Crippen LogP contribution in [0.2, 0.25) is 0 Å². The van der Waals surface area contributed by atoms with Gasteiger partial charge in [0.05, 0.1) is 0 Å². The molecule has 0 amide bonds. The molecule has 0 saturated carbocycles. The number of hydrogen-bond donors (Lipinski definition) is 5. The van der Waals surface area contributed by atoms with E-state index in [1.807, 2.05) is 4.90 Å². The first-order chi connectivity index (χ1) is 14.8. The maximum Gasteiger partial charge on any atom is 0.234 e. The molecule has 0 bridgehead atoms. The fourth-order valence-electron chi connectivity index (χ4n) is 4.24. The molecular weight excluding hydrogens is 399 g/mol. The smallest absolute Gasteiger partial charge is 0.234 e. The Morgan fingerprint density at radius 1 is 0.871 bits per heavy atom. The van der Waals surface area contributed by atoms with Gasteiger partial charge in [-0.15, -0.1) is 0 Å². The Bertz CT molecular complexity index is 905. The molecule has 11 heteroatoms. The summed E-state index contributed by atoms with van der Waals surface area (Å²) in [5, 5.41) is 3.39. The maximum atomic E-state index is 13.2. The van der Waals surface area contributed by atoms with Crippen LogP contribution >= 0.6 is 0 Å². The second-order valence-corrected chi connectivity index (χ2v) is 8.41. The number of nitrogen functional groups attached to an aromatic ring is 1. The van der Waals surface area contributed by atoms with Gasteiger partial charge in [-0.2, -0.15) is 15.0 Å². The van der Waals surface area contributed by atoms with Crippen molar-refractivity contribution in [1.29, 1.82) is 0 Å². The van der Waals surface area contributed by atoms with Crippen LogP contribution < -0.4 is 38.1 Å². The van der Waals surface area contributed by atoms with E-state index in [0.717, 1.165) is 31.2 Å². The van der Waals surface area contributed by atoms with Gasteiger partial charge in [0.2, 0.25) is 17.8 Å². The van der Waals surface area contributed by atoms with Gasteiger partial charge in [0.1, 0.15) is 17.4 Å². The van der Waals surface area contributed by atoms with Crippen LogP contribution in [-0.4, -0.2) is 39.6 Å². The predicted molar refractivity (Wildman–Crippen MR) is 118 cm³/mol. The fraction of sp³-hybridized carbons (Fsp3) is 0.550. The van der Waals surface area contributed by atoms with E-state index in [9.17, 15) is 4.39 Å². The van der Waals surface area contributed by atoms with Gasteiger partial charge in [0.15, 0.2) is 0 Å². The highest BCUT2D eigenvalue weighted by Crippen LogP contribution is 2.29. The lowest BCUT2D eigenvalue weighted by Crippen LogP contribution is -2.68. The average Bonchev–Trinajstić information content (AvgIpc) is 2.73. The van der Waals surface area contributed by atoms with Crippen molar-refractivity contribution in [3.05, 3.63) is 35.6 Å². The van der Waals surface area contributed by atoms with E-state index >= 15 is 0 Å². The third-order valence-electron chi connectivity index (χ3n) is 6.01. The first kappa shape index (κ1) is 21.6. The molecule has 3 heterocycles. The van der Waals surface area contributed by atoms with E-state index in [2.05, 4.69) is 20.3 Å². The molecular formula is C20H31FN10. The largest absolute Gasteiger partial charge is 0.368 e. The van der Waals surface area contributed by atoms with Gasteiger partial charge in [-0.3, -0.25) is 22.5 Å². The van der Waals surface area contributed by atoms with E-state index < -0.39 is 11.6 Å². The summed E-state index contributed by atoms with van der Waals surface area (Å²) in [4.78, 5) is 17.0. The number of anilines is 3. The standard InChI is InChI=1S/C20H31FN10/c21-15-7-5-14(6-8-15)13-26-20(25)10-2-4-12-31(20)18-28-16(22)27-17(29-18)30-11-3-1-9-19(30,23)24/h5-8,26H,1-4,9-13,23-25H2,(H2,22,27,28,29). The van der Waals surface area contributed by atoms with Gasteiger partial charge < -0.3 is 15.5 Å². The summed E-state index contributed by atoms with van der Waals surface area (Å²) < 4.78 is 13.2. The Hall–Kier alpha value is -2.60. The van der Waals surface area contributed by atoms with Gasteiger partial charge >= 0.3 is 0 Å². The Morgan fingerprint density at radius 2 is 1.48 bits per heavy atom. The molecule has 2 aromatic rings. The highest BCUT2D eigenvalue weighted by molar-refractivity contribution is 5.47. The maximum absolute atomic E-state index is 13.2. The molecule has 1 atom stereocenters. The third kappa shape index (κ3) is 4.69. The normalized spacial score (nSPS) is 23.7. The number of nitrogens with zero attached hydrogens (tertiary/aromatic N) is 5. The topological polar surface area (TPSA) is 161 Å². The number of piperidine rings is 2. The number of hydrogen-bond acceptors (Lipinski definition) is 10. The summed E-state index contributed by atoms with van der Waals surface area (Å²) >= 11 is 0. The molecule has 2 aliphatic heterocycles. The van der Waals surface area contributed by atoms with Crippen LogP contribution in [0.3, 0.4) is 0 Å². The Kier molecular flexibility index (Phi) is 5.93. The Balaban J connectivity index is 1.60. The van der Waals surface area contributed by atoms with Crippen LogP contribution in [0.5, 0.6) is 0 Å². The molecule has 10 nitrogen and oxygen atoms in total. The zero-order chi connectivity index (χ0) is 22.1. The second kappa shape index (κ2) is 8.50. The van der Waals surface area contributed by atoms with Crippen LogP contribution in [0.1, 0.15) is 44.1 Å². The number of aromatic nitrogens is 3. The van der Waals surface area contributed by atoms with E-state index in [1.54, 1.807) is 17.0 Å². The van der Waals surface area contributed by atoms with E-state index in [0.29, 0.717) is 44.4 Å². The number of halogens is 1. The molecule has 168 valence electrons. The van der Waals surface area contributed by atoms with E-state index in [-0.39, 0.29) is 11.8 Å². The molecule has 0 spiro atoms. The molecule has 2 saturated heterocycles. The highest BCUT2D eigenvalue weighted by Gasteiger charge is 2.38. The number of rotatable bonds is 5. The van der Waals surface area contributed by atoms with Crippen molar-refractivity contribution in [2.75, 3.05) is 28.6 Å². The summed E-state index contributed by atoms with van der Waals surface area (Å²) in [6.07, 6.45) is 5.12. The second-order valence-electron chi connectivity index (χ2n) is 8.41. The van der Waals surface area contributed by atoms with Gasteiger partial charge in [-0.05, 0) is 56.2 Å². The van der Waals surface area contributed by atoms with Crippen molar-refractivity contribution in [1.82, 2.24) is 20.3 Å². The third-order valence-corrected chi connectivity index (χ3v) is 6.01. The van der Waals surface area contributed by atoms with E-state index in [4.69, 9.17) is 22.9 Å². The lowest BCUT2D eigenvalue weighted by molar-refractivity contribution is 0.249. The van der Waals surface area contributed by atoms with Crippen molar-refractivity contribution in [2.24, 2.45) is 17.2 Å². The SMILES string of the molecule is Nc1nc(N2CCCCC2(N)N)nc(N2CCCCC2(N)NCc2ccc(F)cc2)n1. The average molecular weight is 431 g/mol. The Labute approximate surface area is 181 Å². The molecule has 4 rings (SSSR count). The molecule has 31 heavy (non-hydrogen) atoms. The van der Waals surface area contributed by atoms with Gasteiger partial charge in [-0.25, -0.2) is 4.39 Å². The van der Waals surface area contributed by atoms with Crippen molar-refractivity contribution >= 4 is 17.8 Å². The van der Waals surface area contributed by atoms with Crippen LogP contribution in [-0.2, 0) is 6.54 Å². The molecule has 9 N–H and O–H groups in total. The Morgan fingerprint density at radius 3 is 2.16 bits per heavy atom. The summed E-state index contributed by atoms with van der Waals surface area (Å²) in [7, 11) is 0. The van der Waals surface area contributed by atoms with E-state index in [1.165, 1.54) is 12.1 Å². The minimum absolute atomic E-state index is 0.0906. The van der Waals surface area contributed by atoms with Crippen LogP contribution in [0.15, 0.2) is 24.3 Å². The summed E-state index contributed by atoms with van der Waals surface area (Å²) in [5.74, 6) is -1.36. The lowest BCUT2D eigenvalue weighted by atomic mass is 10.0. The van der Waals surface area contributed by atoms with Crippen molar-refractivity contribution in [3.63, 3.8) is 0 Å². The minimum atomic E-state index is -1.04. The van der Waals surface area contributed by atoms with Gasteiger partial charge in [0.25, 0.3) is 0 Å². The molecule has 1 unspecified atom stereocenters. The minimum Gasteiger partial charge on any atom is -0.368 e. The molecule has 2 fully saturated rings. The highest BCUT2D eigenvalue weighted by atomic mass is 19.1. The molecule has 1 aromatic heterocycles. The molecule has 0 radical (unpaired) electrons. The number of nitrogens with two attached hydrogens (primary N) is 4. The quantitative estimate of drug-likeness (QED) is 0.423. The molecule has 2 aliphatic rings. The first-order valence-corrected chi connectivity index (χ1v) is 10.7. The fourth-order valence-corrected chi connectivity index (χ4v) is 4.24. The van der Waals surface area contributed by atoms with Crippen molar-refractivity contribution in [3.8, 4) is 0 Å². The van der Waals surface area contributed by atoms with Crippen LogP contribution in [0.25, 0.3) is 0 Å². The summed E-state index contributed by atoms with van der Waals surface area (Å²) in [5.41, 5.74) is 26.3. The van der Waals surface area contributed by atoms with Gasteiger partial charge in [-0.1, -0.05) is 12.1 Å². The number of nitrogens with one attached hydrogen (secondary N) is 1. The summed E-state index contributed by atoms with van der Waals surface area (Å²) in [6.45, 7) is 1.78. The monoisotopic (exact) mass is 430 g/mol. The molecule has 1 aromatic carbocycles. The van der Waals surface area contributed by atoms with Crippen molar-refractivity contribution < 1.29 is 4.39 Å².